The lowest BCUT2D eigenvalue weighted by Gasteiger charge is -2.14. The maximum Gasteiger partial charge on any atom is 0.266 e. The van der Waals surface area contributed by atoms with E-state index in [1.807, 2.05) is 74.5 Å². The first-order chi connectivity index (χ1) is 15.5. The summed E-state index contributed by atoms with van der Waals surface area (Å²) >= 11 is 1.26. The molecule has 4 aromatic rings. The molecule has 32 heavy (non-hydrogen) atoms. The molecule has 162 valence electrons. The van der Waals surface area contributed by atoms with Crippen molar-refractivity contribution in [1.29, 1.82) is 0 Å². The second-order valence-electron chi connectivity index (χ2n) is 7.71. The van der Waals surface area contributed by atoms with Gasteiger partial charge in [-0.2, -0.15) is 0 Å². The highest BCUT2D eigenvalue weighted by molar-refractivity contribution is 7.99. The van der Waals surface area contributed by atoms with E-state index in [4.69, 9.17) is 4.98 Å². The first-order valence-electron chi connectivity index (χ1n) is 10.6. The molecule has 0 aliphatic heterocycles. The van der Waals surface area contributed by atoms with Crippen molar-refractivity contribution < 1.29 is 4.79 Å². The van der Waals surface area contributed by atoms with Crippen molar-refractivity contribution >= 4 is 34.3 Å². The Morgan fingerprint density at radius 3 is 2.47 bits per heavy atom. The van der Waals surface area contributed by atoms with Gasteiger partial charge in [-0.1, -0.05) is 49.0 Å². The van der Waals surface area contributed by atoms with Crippen molar-refractivity contribution in [3.8, 4) is 5.69 Å². The molecule has 1 aromatic heterocycles. The zero-order chi connectivity index (χ0) is 22.7. The van der Waals surface area contributed by atoms with Gasteiger partial charge in [0.05, 0.1) is 22.3 Å². The van der Waals surface area contributed by atoms with Crippen LogP contribution in [0.5, 0.6) is 0 Å². The Hall–Kier alpha value is -3.38. The topological polar surface area (TPSA) is 64.0 Å². The monoisotopic (exact) mass is 443 g/mol. The molecule has 0 saturated heterocycles. The van der Waals surface area contributed by atoms with E-state index in [0.717, 1.165) is 23.4 Å². The summed E-state index contributed by atoms with van der Waals surface area (Å²) < 4.78 is 1.59. The SMILES string of the molecule is CCc1ccc(-n2c(SCC(=O)Nc3ccc(C)c(C)c3)nc3ccccc3c2=O)cc1. The largest absolute Gasteiger partial charge is 0.325 e. The molecular formula is C26H25N3O2S. The lowest BCUT2D eigenvalue weighted by atomic mass is 10.1. The zero-order valence-electron chi connectivity index (χ0n) is 18.4. The molecule has 0 bridgehead atoms. The van der Waals surface area contributed by atoms with Crippen LogP contribution in [0.15, 0.2) is 76.7 Å². The average molecular weight is 444 g/mol. The van der Waals surface area contributed by atoms with Gasteiger partial charge in [-0.25, -0.2) is 4.98 Å². The number of aryl methyl sites for hydroxylation is 3. The van der Waals surface area contributed by atoms with Crippen LogP contribution in [0.3, 0.4) is 0 Å². The van der Waals surface area contributed by atoms with Crippen molar-refractivity contribution in [2.75, 3.05) is 11.1 Å². The number of nitrogens with one attached hydrogen (secondary N) is 1. The lowest BCUT2D eigenvalue weighted by molar-refractivity contribution is -0.113. The van der Waals surface area contributed by atoms with Gasteiger partial charge < -0.3 is 5.32 Å². The second-order valence-corrected chi connectivity index (χ2v) is 8.65. The summed E-state index contributed by atoms with van der Waals surface area (Å²) in [6, 6.07) is 21.0. The van der Waals surface area contributed by atoms with Crippen LogP contribution < -0.4 is 10.9 Å². The van der Waals surface area contributed by atoms with Gasteiger partial charge in [0.25, 0.3) is 5.56 Å². The Kier molecular flexibility index (Phi) is 6.42. The molecule has 0 saturated carbocycles. The van der Waals surface area contributed by atoms with Crippen LogP contribution >= 0.6 is 11.8 Å². The molecule has 6 heteroatoms. The highest BCUT2D eigenvalue weighted by Gasteiger charge is 2.15. The van der Waals surface area contributed by atoms with Crippen LogP contribution in [0.4, 0.5) is 5.69 Å². The maximum atomic E-state index is 13.3. The Labute approximate surface area is 191 Å². The van der Waals surface area contributed by atoms with Gasteiger partial charge in [0.1, 0.15) is 0 Å². The van der Waals surface area contributed by atoms with E-state index >= 15 is 0 Å². The number of thioether (sulfide) groups is 1. The Morgan fingerprint density at radius 1 is 1.00 bits per heavy atom. The molecule has 3 aromatic carbocycles. The summed E-state index contributed by atoms with van der Waals surface area (Å²) in [5.41, 5.74) is 5.47. The van der Waals surface area contributed by atoms with Gasteiger partial charge >= 0.3 is 0 Å². The van der Waals surface area contributed by atoms with Crippen molar-refractivity contribution in [3.05, 3.63) is 93.8 Å². The second kappa shape index (κ2) is 9.40. The summed E-state index contributed by atoms with van der Waals surface area (Å²) in [7, 11) is 0. The number of amides is 1. The molecule has 0 fully saturated rings. The number of para-hydroxylation sites is 1. The van der Waals surface area contributed by atoms with E-state index in [0.29, 0.717) is 16.1 Å². The van der Waals surface area contributed by atoms with Crippen molar-refractivity contribution in [3.63, 3.8) is 0 Å². The van der Waals surface area contributed by atoms with Gasteiger partial charge in [0, 0.05) is 5.69 Å². The lowest BCUT2D eigenvalue weighted by Crippen LogP contribution is -2.23. The fourth-order valence-corrected chi connectivity index (χ4v) is 4.28. The van der Waals surface area contributed by atoms with Crippen LogP contribution in [0, 0.1) is 13.8 Å². The van der Waals surface area contributed by atoms with Crippen LogP contribution in [-0.4, -0.2) is 21.2 Å². The van der Waals surface area contributed by atoms with Crippen LogP contribution in [0.25, 0.3) is 16.6 Å². The fraction of sp³-hybridized carbons (Fsp3) is 0.192. The minimum atomic E-state index is -0.145. The Bertz CT molecular complexity index is 1340. The number of hydrogen-bond donors (Lipinski definition) is 1. The molecule has 1 heterocycles. The van der Waals surface area contributed by atoms with Crippen molar-refractivity contribution in [1.82, 2.24) is 9.55 Å². The minimum absolute atomic E-state index is 0.142. The van der Waals surface area contributed by atoms with Gasteiger partial charge in [-0.05, 0) is 73.4 Å². The number of nitrogens with zero attached hydrogens (tertiary/aromatic N) is 2. The predicted molar refractivity (Wildman–Crippen MR) is 132 cm³/mol. The summed E-state index contributed by atoms with van der Waals surface area (Å²) in [4.78, 5) is 30.6. The summed E-state index contributed by atoms with van der Waals surface area (Å²) in [5.74, 6) is -0.00127. The molecular weight excluding hydrogens is 418 g/mol. The molecule has 0 spiro atoms. The zero-order valence-corrected chi connectivity index (χ0v) is 19.2. The number of carbonyl (C=O) groups is 1. The normalized spacial score (nSPS) is 11.0. The molecule has 0 radical (unpaired) electrons. The van der Waals surface area contributed by atoms with Crippen LogP contribution in [0.1, 0.15) is 23.6 Å². The van der Waals surface area contributed by atoms with E-state index in [2.05, 4.69) is 12.2 Å². The standard InChI is InChI=1S/C26H25N3O2S/c1-4-19-10-13-21(14-11-19)29-25(31)22-7-5-6-8-23(22)28-26(29)32-16-24(30)27-20-12-9-17(2)18(3)15-20/h5-15H,4,16H2,1-3H3,(H,27,30). The first-order valence-corrected chi connectivity index (χ1v) is 11.6. The summed E-state index contributed by atoms with van der Waals surface area (Å²) in [5, 5.41) is 3.98. The molecule has 0 aliphatic carbocycles. The molecule has 0 atom stereocenters. The maximum absolute atomic E-state index is 13.3. The van der Waals surface area contributed by atoms with E-state index in [1.165, 1.54) is 22.9 Å². The quantitative estimate of drug-likeness (QED) is 0.325. The number of rotatable bonds is 6. The average Bonchev–Trinajstić information content (AvgIpc) is 2.80. The smallest absolute Gasteiger partial charge is 0.266 e. The minimum Gasteiger partial charge on any atom is -0.325 e. The number of fused-ring (bicyclic) bond motifs is 1. The van der Waals surface area contributed by atoms with Gasteiger partial charge in [0.15, 0.2) is 5.16 Å². The summed E-state index contributed by atoms with van der Waals surface area (Å²) in [6.45, 7) is 6.14. The molecule has 4 rings (SSSR count). The van der Waals surface area contributed by atoms with Crippen LogP contribution in [-0.2, 0) is 11.2 Å². The molecule has 1 N–H and O–H groups in total. The van der Waals surface area contributed by atoms with E-state index in [1.54, 1.807) is 10.6 Å². The van der Waals surface area contributed by atoms with Gasteiger partial charge in [-0.3, -0.25) is 14.2 Å². The Balaban J connectivity index is 1.65. The predicted octanol–water partition coefficient (Wildman–Crippen LogP) is 5.30. The van der Waals surface area contributed by atoms with E-state index in [-0.39, 0.29) is 17.2 Å². The highest BCUT2D eigenvalue weighted by atomic mass is 32.2. The first kappa shape index (κ1) is 21.8. The van der Waals surface area contributed by atoms with E-state index < -0.39 is 0 Å². The summed E-state index contributed by atoms with van der Waals surface area (Å²) in [6.07, 6.45) is 0.922. The number of hydrogen-bond acceptors (Lipinski definition) is 4. The van der Waals surface area contributed by atoms with Crippen molar-refractivity contribution in [2.45, 2.75) is 32.3 Å². The highest BCUT2D eigenvalue weighted by Crippen LogP contribution is 2.22. The number of benzene rings is 3. The third-order valence-electron chi connectivity index (χ3n) is 5.47. The van der Waals surface area contributed by atoms with Gasteiger partial charge in [-0.15, -0.1) is 0 Å². The van der Waals surface area contributed by atoms with Gasteiger partial charge in [0.2, 0.25) is 5.91 Å². The number of aromatic nitrogens is 2. The van der Waals surface area contributed by atoms with Crippen LogP contribution in [0.2, 0.25) is 0 Å². The van der Waals surface area contributed by atoms with E-state index in [9.17, 15) is 9.59 Å². The molecule has 5 nitrogen and oxygen atoms in total. The third kappa shape index (κ3) is 4.60. The molecule has 1 amide bonds. The number of anilines is 1. The number of carbonyl (C=O) groups excluding carboxylic acids is 1. The molecule has 0 aliphatic rings. The third-order valence-corrected chi connectivity index (χ3v) is 6.41. The van der Waals surface area contributed by atoms with Crippen molar-refractivity contribution in [2.24, 2.45) is 0 Å². The molecule has 0 unspecified atom stereocenters. The Morgan fingerprint density at radius 2 is 1.75 bits per heavy atom. The fourth-order valence-electron chi connectivity index (χ4n) is 3.46.